The first-order chi connectivity index (χ1) is 1.41. The topological polar surface area (TPSA) is 0 Å². The standard InChI is InChI=1S/2CH3.2ClH.Sn/h2*1H3;2*1H;. The first kappa shape index (κ1) is 16.2. The fourth-order valence-corrected chi connectivity index (χ4v) is 0. The van der Waals surface area contributed by atoms with Crippen LogP contribution in [-0.2, 0) is 0 Å². The molecule has 34 valence electrons. The summed E-state index contributed by atoms with van der Waals surface area (Å²) >= 11 is 0.230. The summed E-state index contributed by atoms with van der Waals surface area (Å²) < 4.78 is 0. The van der Waals surface area contributed by atoms with Crippen molar-refractivity contribution in [3.05, 3.63) is 0 Å². The van der Waals surface area contributed by atoms with E-state index in [2.05, 4.69) is 9.88 Å². The van der Waals surface area contributed by atoms with Crippen LogP contribution in [-0.4, -0.2) is 21.1 Å². The van der Waals surface area contributed by atoms with Crippen molar-refractivity contribution in [3.8, 4) is 0 Å². The Labute approximate surface area is 55.8 Å². The normalized spacial score (nSPS) is 3.60. The van der Waals surface area contributed by atoms with Crippen molar-refractivity contribution in [1.82, 2.24) is 0 Å². The Morgan fingerprint density at radius 3 is 1.00 bits per heavy atom. The molecule has 0 fully saturated rings. The number of halogens is 2. The number of hydrogen-bond acceptors (Lipinski definition) is 0. The number of rotatable bonds is 0. The van der Waals surface area contributed by atoms with E-state index >= 15 is 0 Å². The summed E-state index contributed by atoms with van der Waals surface area (Å²) in [4.78, 5) is 4.59. The molecule has 0 rings (SSSR count). The van der Waals surface area contributed by atoms with Crippen LogP contribution in [0, 0.1) is 0 Å². The first-order valence-electron chi connectivity index (χ1n) is 1.00. The van der Waals surface area contributed by atoms with E-state index in [-0.39, 0.29) is 46.0 Å². The molecule has 0 aromatic rings. The Balaban J connectivity index is -0.0000000200. The quantitative estimate of drug-likeness (QED) is 0.546. The summed E-state index contributed by atoms with van der Waals surface area (Å²) in [6.07, 6.45) is 0. The van der Waals surface area contributed by atoms with Gasteiger partial charge in [-0.25, -0.2) is 0 Å². The van der Waals surface area contributed by atoms with Crippen molar-refractivity contribution in [1.29, 1.82) is 0 Å². The van der Waals surface area contributed by atoms with Crippen LogP contribution in [0.2, 0.25) is 9.88 Å². The molecule has 0 saturated heterocycles. The summed E-state index contributed by atoms with van der Waals surface area (Å²) in [6, 6.07) is 0. The average molecular weight is 222 g/mol. The van der Waals surface area contributed by atoms with Crippen molar-refractivity contribution >= 4 is 46.0 Å². The maximum atomic E-state index is 2.30. The van der Waals surface area contributed by atoms with Gasteiger partial charge in [-0.2, -0.15) is 0 Å². The zero-order valence-corrected chi connectivity index (χ0v) is 7.80. The van der Waals surface area contributed by atoms with E-state index in [0.717, 1.165) is 0 Å². The van der Waals surface area contributed by atoms with Gasteiger partial charge < -0.3 is 0 Å². The molecule has 3 heteroatoms. The van der Waals surface area contributed by atoms with Crippen LogP contribution in [0.5, 0.6) is 0 Å². The Morgan fingerprint density at radius 2 is 1.00 bits per heavy atom. The Kier molecular flexibility index (Phi) is 58.9. The third kappa shape index (κ3) is 32.3. The van der Waals surface area contributed by atoms with Gasteiger partial charge in [0.25, 0.3) is 0 Å². The van der Waals surface area contributed by atoms with Gasteiger partial charge in [-0.05, 0) is 0 Å². The van der Waals surface area contributed by atoms with Crippen LogP contribution in [0.25, 0.3) is 0 Å². The summed E-state index contributed by atoms with van der Waals surface area (Å²) in [5.74, 6) is 0. The summed E-state index contributed by atoms with van der Waals surface area (Å²) in [5.41, 5.74) is 0. The van der Waals surface area contributed by atoms with E-state index in [1.54, 1.807) is 0 Å². The molecule has 5 heavy (non-hydrogen) atoms. The van der Waals surface area contributed by atoms with Crippen molar-refractivity contribution in [3.63, 3.8) is 0 Å². The Bertz CT molecular complexity index is 7.61. The molecule has 0 N–H and O–H groups in total. The zero-order valence-electron chi connectivity index (χ0n) is 3.32. The van der Waals surface area contributed by atoms with Crippen LogP contribution in [0.1, 0.15) is 0 Å². The molecule has 0 aromatic carbocycles. The molecule has 0 aromatic heterocycles. The van der Waals surface area contributed by atoms with Crippen molar-refractivity contribution in [2.45, 2.75) is 9.88 Å². The monoisotopic (exact) mass is 222 g/mol. The molecular formula is C2H8Cl2Sn. The number of hydrogen-bond donors (Lipinski definition) is 0. The molecule has 0 bridgehead atoms. The molecular weight excluding hydrogens is 214 g/mol. The van der Waals surface area contributed by atoms with E-state index in [1.165, 1.54) is 0 Å². The second-order valence-electron chi connectivity index (χ2n) is 0.500. The SMILES string of the molecule is Cl.Cl.[CH3][Sn][CH3]. The molecule has 2 radical (unpaired) electrons. The van der Waals surface area contributed by atoms with E-state index in [1.807, 2.05) is 0 Å². The molecule has 0 atom stereocenters. The van der Waals surface area contributed by atoms with Crippen LogP contribution in [0.15, 0.2) is 0 Å². The molecule has 0 aliphatic heterocycles. The Morgan fingerprint density at radius 1 is 1.00 bits per heavy atom. The van der Waals surface area contributed by atoms with Gasteiger partial charge >= 0.3 is 31.0 Å². The summed E-state index contributed by atoms with van der Waals surface area (Å²) in [6.45, 7) is 0. The minimum atomic E-state index is 0. The van der Waals surface area contributed by atoms with E-state index in [9.17, 15) is 0 Å². The van der Waals surface area contributed by atoms with Crippen molar-refractivity contribution in [2.24, 2.45) is 0 Å². The fraction of sp³-hybridized carbons (Fsp3) is 1.00. The van der Waals surface area contributed by atoms with E-state index in [4.69, 9.17) is 0 Å². The summed E-state index contributed by atoms with van der Waals surface area (Å²) in [5, 5.41) is 0. The van der Waals surface area contributed by atoms with Gasteiger partial charge in [0.05, 0.1) is 0 Å². The molecule has 0 saturated carbocycles. The molecule has 0 nitrogen and oxygen atoms in total. The van der Waals surface area contributed by atoms with Gasteiger partial charge in [-0.1, -0.05) is 0 Å². The molecule has 0 unspecified atom stereocenters. The maximum absolute atomic E-state index is 2.30. The predicted molar refractivity (Wildman–Crippen MR) is 32.0 cm³/mol. The van der Waals surface area contributed by atoms with Crippen LogP contribution in [0.4, 0.5) is 0 Å². The second kappa shape index (κ2) is 18.2. The van der Waals surface area contributed by atoms with Gasteiger partial charge in [-0.15, -0.1) is 24.8 Å². The summed E-state index contributed by atoms with van der Waals surface area (Å²) in [7, 11) is 0. The first-order valence-corrected chi connectivity index (χ1v) is 6.71. The van der Waals surface area contributed by atoms with Gasteiger partial charge in [0.15, 0.2) is 0 Å². The third-order valence-electron chi connectivity index (χ3n) is 0. The molecule has 0 aliphatic carbocycles. The molecule has 0 spiro atoms. The fourth-order valence-electron chi connectivity index (χ4n) is 0. The van der Waals surface area contributed by atoms with E-state index < -0.39 is 0 Å². The van der Waals surface area contributed by atoms with Gasteiger partial charge in [0.2, 0.25) is 0 Å². The van der Waals surface area contributed by atoms with Crippen molar-refractivity contribution in [2.75, 3.05) is 0 Å². The third-order valence-corrected chi connectivity index (χ3v) is 0. The van der Waals surface area contributed by atoms with Crippen LogP contribution >= 0.6 is 24.8 Å². The predicted octanol–water partition coefficient (Wildman–Crippen LogP) is 1.63. The van der Waals surface area contributed by atoms with Crippen LogP contribution < -0.4 is 0 Å². The van der Waals surface area contributed by atoms with Crippen LogP contribution in [0.3, 0.4) is 0 Å². The second-order valence-corrected chi connectivity index (χ2v) is 3.35. The van der Waals surface area contributed by atoms with E-state index in [0.29, 0.717) is 0 Å². The Hall–Kier alpha value is 1.38. The van der Waals surface area contributed by atoms with Gasteiger partial charge in [-0.3, -0.25) is 0 Å². The van der Waals surface area contributed by atoms with Crippen molar-refractivity contribution < 1.29 is 0 Å². The molecule has 0 heterocycles. The van der Waals surface area contributed by atoms with Gasteiger partial charge in [0.1, 0.15) is 0 Å². The molecule has 0 amide bonds. The average Bonchev–Trinajstić information content (AvgIpc) is 0.918. The van der Waals surface area contributed by atoms with Gasteiger partial charge in [0, 0.05) is 0 Å². The minimum absolute atomic E-state index is 0. The zero-order chi connectivity index (χ0) is 2.71. The molecule has 0 aliphatic rings.